The summed E-state index contributed by atoms with van der Waals surface area (Å²) >= 11 is 0. The molecule has 0 radical (unpaired) electrons. The Balaban J connectivity index is 1.75. The maximum atomic E-state index is 4.91. The van der Waals surface area contributed by atoms with Gasteiger partial charge in [-0.05, 0) is 37.1 Å². The molecule has 130 valence electrons. The minimum atomic E-state index is 0.550. The zero-order valence-electron chi connectivity index (χ0n) is 15.1. The summed E-state index contributed by atoms with van der Waals surface area (Å²) in [4.78, 5) is 7.03. The number of imidazole rings is 1. The van der Waals surface area contributed by atoms with Crippen LogP contribution in [0.5, 0.6) is 0 Å². The van der Waals surface area contributed by atoms with Crippen LogP contribution < -0.4 is 10.2 Å². The predicted octanol–water partition coefficient (Wildman–Crippen LogP) is 4.81. The lowest BCUT2D eigenvalue weighted by Gasteiger charge is -2.24. The molecule has 2 aromatic heterocycles. The summed E-state index contributed by atoms with van der Waals surface area (Å²) in [7, 11) is 4.13. The summed E-state index contributed by atoms with van der Waals surface area (Å²) in [5, 5.41) is 3.80. The van der Waals surface area contributed by atoms with Gasteiger partial charge in [0.25, 0.3) is 0 Å². The topological polar surface area (TPSA) is 32.6 Å². The first-order valence-electron chi connectivity index (χ1n) is 9.24. The number of benzene rings is 1. The minimum Gasteiger partial charge on any atom is -0.378 e. The van der Waals surface area contributed by atoms with Crippen LogP contribution in [0.4, 0.5) is 11.5 Å². The summed E-state index contributed by atoms with van der Waals surface area (Å²) in [6.45, 7) is 0. The maximum Gasteiger partial charge on any atom is 0.139 e. The highest BCUT2D eigenvalue weighted by atomic mass is 15.1. The van der Waals surface area contributed by atoms with Crippen LogP contribution in [0.25, 0.3) is 16.9 Å². The van der Waals surface area contributed by atoms with Crippen LogP contribution in [-0.2, 0) is 0 Å². The van der Waals surface area contributed by atoms with Gasteiger partial charge in [0.05, 0.1) is 0 Å². The summed E-state index contributed by atoms with van der Waals surface area (Å²) in [5.74, 6) is 1.13. The van der Waals surface area contributed by atoms with Gasteiger partial charge in [0.15, 0.2) is 0 Å². The van der Waals surface area contributed by atoms with E-state index in [4.69, 9.17) is 4.98 Å². The Morgan fingerprint density at radius 3 is 2.48 bits per heavy atom. The molecule has 0 aliphatic heterocycles. The van der Waals surface area contributed by atoms with Crippen molar-refractivity contribution in [2.75, 3.05) is 24.3 Å². The van der Waals surface area contributed by atoms with Gasteiger partial charge in [-0.25, -0.2) is 4.98 Å². The molecule has 0 unspecified atom stereocenters. The lowest BCUT2D eigenvalue weighted by Crippen LogP contribution is -2.23. The predicted molar refractivity (Wildman–Crippen MR) is 105 cm³/mol. The molecule has 0 amide bonds. The third-order valence-electron chi connectivity index (χ3n) is 5.13. The summed E-state index contributed by atoms with van der Waals surface area (Å²) < 4.78 is 2.18. The quantitative estimate of drug-likeness (QED) is 0.743. The van der Waals surface area contributed by atoms with Gasteiger partial charge in [0.1, 0.15) is 17.2 Å². The normalized spacial score (nSPS) is 15.4. The Morgan fingerprint density at radius 2 is 1.76 bits per heavy atom. The Morgan fingerprint density at radius 1 is 1.00 bits per heavy atom. The van der Waals surface area contributed by atoms with Crippen molar-refractivity contribution in [2.24, 2.45) is 0 Å². The van der Waals surface area contributed by atoms with E-state index in [1.54, 1.807) is 0 Å². The second-order valence-electron chi connectivity index (χ2n) is 7.16. The second-order valence-corrected chi connectivity index (χ2v) is 7.16. The van der Waals surface area contributed by atoms with E-state index in [-0.39, 0.29) is 0 Å². The van der Waals surface area contributed by atoms with Gasteiger partial charge in [-0.1, -0.05) is 37.5 Å². The van der Waals surface area contributed by atoms with Crippen LogP contribution in [0.15, 0.2) is 48.7 Å². The molecular formula is C21H26N4. The summed E-state index contributed by atoms with van der Waals surface area (Å²) in [5.41, 5.74) is 4.40. The molecule has 2 heterocycles. The van der Waals surface area contributed by atoms with Crippen LogP contribution in [0.2, 0.25) is 0 Å². The lowest BCUT2D eigenvalue weighted by atomic mass is 9.95. The van der Waals surface area contributed by atoms with E-state index in [1.165, 1.54) is 37.8 Å². The van der Waals surface area contributed by atoms with Crippen molar-refractivity contribution < 1.29 is 0 Å². The number of anilines is 2. The fraction of sp³-hybridized carbons (Fsp3) is 0.381. The zero-order chi connectivity index (χ0) is 17.2. The molecule has 1 fully saturated rings. The number of hydrogen-bond donors (Lipinski definition) is 1. The van der Waals surface area contributed by atoms with Gasteiger partial charge in [-0.15, -0.1) is 0 Å². The van der Waals surface area contributed by atoms with Crippen LogP contribution in [-0.4, -0.2) is 29.5 Å². The fourth-order valence-electron chi connectivity index (χ4n) is 3.69. The standard InChI is InChI=1S/C21H26N4/c1-24(2)18-13-11-16(12-14-18)20-21(22-17-8-4-3-5-9-17)25-15-7-6-10-19(25)23-20/h6-7,10-15,17,22H,3-5,8-9H2,1-2H3. The zero-order valence-corrected chi connectivity index (χ0v) is 15.1. The molecule has 3 aromatic rings. The van der Waals surface area contributed by atoms with Gasteiger partial charge >= 0.3 is 0 Å². The molecule has 4 nitrogen and oxygen atoms in total. The highest BCUT2D eigenvalue weighted by Crippen LogP contribution is 2.32. The first-order valence-corrected chi connectivity index (χ1v) is 9.24. The highest BCUT2D eigenvalue weighted by molar-refractivity contribution is 5.77. The van der Waals surface area contributed by atoms with Crippen molar-refractivity contribution in [1.82, 2.24) is 9.38 Å². The molecule has 1 aliphatic carbocycles. The fourth-order valence-corrected chi connectivity index (χ4v) is 3.69. The Kier molecular flexibility index (Phi) is 4.35. The van der Waals surface area contributed by atoms with Crippen molar-refractivity contribution in [3.05, 3.63) is 48.7 Å². The first-order chi connectivity index (χ1) is 12.2. The Bertz CT molecular complexity index is 842. The molecule has 1 aromatic carbocycles. The Hall–Kier alpha value is -2.49. The van der Waals surface area contributed by atoms with E-state index in [9.17, 15) is 0 Å². The maximum absolute atomic E-state index is 4.91. The van der Waals surface area contributed by atoms with E-state index in [0.29, 0.717) is 6.04 Å². The summed E-state index contributed by atoms with van der Waals surface area (Å²) in [6, 6.07) is 15.4. The highest BCUT2D eigenvalue weighted by Gasteiger charge is 2.19. The van der Waals surface area contributed by atoms with E-state index >= 15 is 0 Å². The number of hydrogen-bond acceptors (Lipinski definition) is 3. The van der Waals surface area contributed by atoms with E-state index in [1.807, 2.05) is 6.07 Å². The van der Waals surface area contributed by atoms with Crippen molar-refractivity contribution >= 4 is 17.2 Å². The SMILES string of the molecule is CN(C)c1ccc(-c2nc3ccccn3c2NC2CCCCC2)cc1. The minimum absolute atomic E-state index is 0.550. The number of rotatable bonds is 4. The molecule has 4 heteroatoms. The van der Waals surface area contributed by atoms with Crippen molar-refractivity contribution in [1.29, 1.82) is 0 Å². The average Bonchev–Trinajstić information content (AvgIpc) is 3.01. The van der Waals surface area contributed by atoms with Gasteiger partial charge in [-0.2, -0.15) is 0 Å². The van der Waals surface area contributed by atoms with Crippen LogP contribution in [0.3, 0.4) is 0 Å². The van der Waals surface area contributed by atoms with Gasteiger partial charge in [0.2, 0.25) is 0 Å². The lowest BCUT2D eigenvalue weighted by molar-refractivity contribution is 0.462. The van der Waals surface area contributed by atoms with Gasteiger partial charge in [-0.3, -0.25) is 4.40 Å². The van der Waals surface area contributed by atoms with Crippen LogP contribution >= 0.6 is 0 Å². The average molecular weight is 334 g/mol. The van der Waals surface area contributed by atoms with Crippen molar-refractivity contribution in [2.45, 2.75) is 38.1 Å². The monoisotopic (exact) mass is 334 g/mol. The Labute approximate surface area is 149 Å². The number of nitrogens with one attached hydrogen (secondary N) is 1. The van der Waals surface area contributed by atoms with E-state index in [2.05, 4.69) is 71.3 Å². The third kappa shape index (κ3) is 3.21. The van der Waals surface area contributed by atoms with Gasteiger partial charge < -0.3 is 10.2 Å². The molecule has 0 bridgehead atoms. The number of pyridine rings is 1. The molecule has 25 heavy (non-hydrogen) atoms. The number of nitrogens with zero attached hydrogens (tertiary/aromatic N) is 3. The van der Waals surface area contributed by atoms with E-state index < -0.39 is 0 Å². The van der Waals surface area contributed by atoms with Gasteiger partial charge in [0, 0.05) is 37.6 Å². The molecule has 0 spiro atoms. The number of fused-ring (bicyclic) bond motifs is 1. The molecule has 0 saturated heterocycles. The van der Waals surface area contributed by atoms with E-state index in [0.717, 1.165) is 22.7 Å². The molecule has 0 atom stereocenters. The third-order valence-corrected chi connectivity index (χ3v) is 5.13. The molecule has 1 saturated carbocycles. The van der Waals surface area contributed by atoms with Crippen molar-refractivity contribution in [3.63, 3.8) is 0 Å². The van der Waals surface area contributed by atoms with Crippen LogP contribution in [0, 0.1) is 0 Å². The largest absolute Gasteiger partial charge is 0.378 e. The smallest absolute Gasteiger partial charge is 0.139 e. The number of aromatic nitrogens is 2. The molecule has 1 N–H and O–H groups in total. The second kappa shape index (κ2) is 6.79. The van der Waals surface area contributed by atoms with Crippen molar-refractivity contribution in [3.8, 4) is 11.3 Å². The first kappa shape index (κ1) is 16.0. The molecule has 1 aliphatic rings. The van der Waals surface area contributed by atoms with Crippen LogP contribution in [0.1, 0.15) is 32.1 Å². The molecular weight excluding hydrogens is 308 g/mol. The molecule has 4 rings (SSSR count). The summed E-state index contributed by atoms with van der Waals surface area (Å²) in [6.07, 6.45) is 8.61.